The van der Waals surface area contributed by atoms with Crippen LogP contribution in [-0.2, 0) is 0 Å². The number of aliphatic hydroxyl groups excluding tert-OH is 2. The normalized spacial score (nSPS) is 12.0. The minimum Gasteiger partial charge on any atom is -0.384 e. The number of unbranched alkanes of at least 4 members (excludes halogenated alkanes) is 12. The molecule has 0 spiro atoms. The van der Waals surface area contributed by atoms with Crippen LogP contribution in [0.25, 0.3) is 0 Å². The smallest absolute Gasteiger partial charge is 0.134 e. The highest BCUT2D eigenvalue weighted by atomic mass is 16.3. The van der Waals surface area contributed by atoms with Crippen molar-refractivity contribution in [2.24, 2.45) is 0 Å². The lowest BCUT2D eigenvalue weighted by atomic mass is 10.1. The fourth-order valence-electron chi connectivity index (χ4n) is 2.80. The Labute approximate surface area is 168 Å². The molecule has 0 aliphatic carbocycles. The molecule has 0 aromatic rings. The van der Waals surface area contributed by atoms with Crippen LogP contribution in [0.2, 0.25) is 0 Å². The predicted molar refractivity (Wildman–Crippen MR) is 117 cm³/mol. The zero-order valence-electron chi connectivity index (χ0n) is 17.4. The standard InChI is InChI=1S/C25H40O2/c1-2-3-4-5-6-7-8-9-10-11-12-13-14-15-16-17-19-22-25(27)23-20-18-21-24-26/h9-10,19,22,25-27H,2-8,11-17,24H2,1H3/b10-9-,22-19+/t25-/m0/s1. The van der Waals surface area contributed by atoms with Crippen LogP contribution in [0.15, 0.2) is 24.3 Å². The molecule has 0 saturated heterocycles. The highest BCUT2D eigenvalue weighted by Crippen LogP contribution is 2.10. The van der Waals surface area contributed by atoms with Crippen molar-refractivity contribution >= 4 is 0 Å². The first-order valence-electron chi connectivity index (χ1n) is 10.9. The third kappa shape index (κ3) is 22.5. The lowest BCUT2D eigenvalue weighted by molar-refractivity contribution is 0.280. The van der Waals surface area contributed by atoms with Crippen molar-refractivity contribution in [3.8, 4) is 23.7 Å². The molecule has 0 saturated carbocycles. The van der Waals surface area contributed by atoms with Gasteiger partial charge in [-0.1, -0.05) is 88.4 Å². The van der Waals surface area contributed by atoms with Crippen LogP contribution in [0.4, 0.5) is 0 Å². The van der Waals surface area contributed by atoms with Gasteiger partial charge in [-0.15, -0.1) is 0 Å². The van der Waals surface area contributed by atoms with Gasteiger partial charge >= 0.3 is 0 Å². The number of allylic oxidation sites excluding steroid dienone is 3. The number of hydrogen-bond acceptors (Lipinski definition) is 2. The largest absolute Gasteiger partial charge is 0.384 e. The summed E-state index contributed by atoms with van der Waals surface area (Å²) < 4.78 is 0. The molecule has 0 rings (SSSR count). The van der Waals surface area contributed by atoms with Crippen molar-refractivity contribution in [3.63, 3.8) is 0 Å². The molecule has 27 heavy (non-hydrogen) atoms. The van der Waals surface area contributed by atoms with Gasteiger partial charge in [0.2, 0.25) is 0 Å². The lowest BCUT2D eigenvalue weighted by Crippen LogP contribution is -1.96. The second-order valence-corrected chi connectivity index (χ2v) is 6.98. The van der Waals surface area contributed by atoms with E-state index < -0.39 is 6.10 Å². The molecule has 0 aliphatic rings. The number of rotatable bonds is 16. The van der Waals surface area contributed by atoms with E-state index in [1.165, 1.54) is 77.0 Å². The van der Waals surface area contributed by atoms with Gasteiger partial charge in [0.1, 0.15) is 12.7 Å². The summed E-state index contributed by atoms with van der Waals surface area (Å²) in [5.41, 5.74) is 0. The molecule has 0 unspecified atom stereocenters. The van der Waals surface area contributed by atoms with Gasteiger partial charge in [0.05, 0.1) is 0 Å². The van der Waals surface area contributed by atoms with Crippen molar-refractivity contribution in [2.45, 2.75) is 103 Å². The molecule has 0 aromatic carbocycles. The van der Waals surface area contributed by atoms with Crippen LogP contribution in [-0.4, -0.2) is 22.9 Å². The summed E-state index contributed by atoms with van der Waals surface area (Å²) in [5.74, 6) is 10.0. The summed E-state index contributed by atoms with van der Waals surface area (Å²) in [6.45, 7) is 2.07. The second kappa shape index (κ2) is 22.6. The van der Waals surface area contributed by atoms with Gasteiger partial charge in [-0.05, 0) is 56.4 Å². The Morgan fingerprint density at radius 3 is 1.78 bits per heavy atom. The molecule has 1 atom stereocenters. The average molecular weight is 373 g/mol. The summed E-state index contributed by atoms with van der Waals surface area (Å²) in [5, 5.41) is 18.1. The highest BCUT2D eigenvalue weighted by Gasteiger charge is 1.92. The Morgan fingerprint density at radius 2 is 1.22 bits per heavy atom. The molecule has 152 valence electrons. The summed E-state index contributed by atoms with van der Waals surface area (Å²) >= 11 is 0. The fourth-order valence-corrected chi connectivity index (χ4v) is 2.80. The molecule has 0 aromatic heterocycles. The third-order valence-electron chi connectivity index (χ3n) is 4.40. The molecule has 2 nitrogen and oxygen atoms in total. The van der Waals surface area contributed by atoms with Crippen LogP contribution in [0, 0.1) is 23.7 Å². The third-order valence-corrected chi connectivity index (χ3v) is 4.40. The maximum atomic E-state index is 9.58. The minimum absolute atomic E-state index is 0.198. The first-order valence-corrected chi connectivity index (χ1v) is 10.9. The van der Waals surface area contributed by atoms with Gasteiger partial charge in [0.15, 0.2) is 0 Å². The first-order chi connectivity index (χ1) is 13.3. The van der Waals surface area contributed by atoms with Crippen molar-refractivity contribution in [3.05, 3.63) is 24.3 Å². The van der Waals surface area contributed by atoms with E-state index in [4.69, 9.17) is 5.11 Å². The Hall–Kier alpha value is -1.48. The van der Waals surface area contributed by atoms with Gasteiger partial charge < -0.3 is 10.2 Å². The van der Waals surface area contributed by atoms with E-state index >= 15 is 0 Å². The maximum Gasteiger partial charge on any atom is 0.134 e. The minimum atomic E-state index is -0.763. The van der Waals surface area contributed by atoms with Crippen molar-refractivity contribution in [1.29, 1.82) is 0 Å². The highest BCUT2D eigenvalue weighted by molar-refractivity contribution is 5.28. The molecule has 2 heteroatoms. The Bertz CT molecular complexity index is 482. The molecule has 0 radical (unpaired) electrons. The molecular weight excluding hydrogens is 332 g/mol. The van der Waals surface area contributed by atoms with E-state index in [1.54, 1.807) is 6.08 Å². The molecule has 0 fully saturated rings. The number of hydrogen-bond donors (Lipinski definition) is 2. The predicted octanol–water partition coefficient (Wildman–Crippen LogP) is 5.94. The van der Waals surface area contributed by atoms with Gasteiger partial charge in [0.25, 0.3) is 0 Å². The van der Waals surface area contributed by atoms with E-state index in [0.717, 1.165) is 12.8 Å². The Kier molecular flexibility index (Phi) is 21.3. The van der Waals surface area contributed by atoms with Crippen molar-refractivity contribution < 1.29 is 10.2 Å². The zero-order chi connectivity index (χ0) is 19.8. The number of aliphatic hydroxyl groups is 2. The second-order valence-electron chi connectivity index (χ2n) is 6.98. The Balaban J connectivity index is 3.36. The lowest BCUT2D eigenvalue weighted by Gasteiger charge is -1.99. The van der Waals surface area contributed by atoms with E-state index in [-0.39, 0.29) is 6.61 Å². The average Bonchev–Trinajstić information content (AvgIpc) is 2.67. The van der Waals surface area contributed by atoms with Crippen LogP contribution >= 0.6 is 0 Å². The molecule has 0 amide bonds. The van der Waals surface area contributed by atoms with Crippen molar-refractivity contribution in [2.75, 3.05) is 6.61 Å². The molecule has 0 heterocycles. The summed E-state index contributed by atoms with van der Waals surface area (Å²) in [6.07, 6.45) is 25.7. The van der Waals surface area contributed by atoms with Gasteiger partial charge in [0, 0.05) is 0 Å². The SMILES string of the molecule is CCCCCCCC/C=C\CCCCCCC/C=C/[C@H](O)C#CC#CCO. The molecule has 2 N–H and O–H groups in total. The van der Waals surface area contributed by atoms with Crippen LogP contribution in [0.5, 0.6) is 0 Å². The molecule has 0 aliphatic heterocycles. The molecular formula is C25H40O2. The fraction of sp³-hybridized carbons (Fsp3) is 0.680. The van der Waals surface area contributed by atoms with Gasteiger partial charge in [-0.2, -0.15) is 0 Å². The molecule has 0 bridgehead atoms. The van der Waals surface area contributed by atoms with E-state index in [2.05, 4.69) is 42.8 Å². The van der Waals surface area contributed by atoms with E-state index in [1.807, 2.05) is 6.08 Å². The topological polar surface area (TPSA) is 40.5 Å². The van der Waals surface area contributed by atoms with Gasteiger partial charge in [-0.25, -0.2) is 0 Å². The van der Waals surface area contributed by atoms with Crippen LogP contribution < -0.4 is 0 Å². The zero-order valence-corrected chi connectivity index (χ0v) is 17.4. The Morgan fingerprint density at radius 1 is 0.704 bits per heavy atom. The monoisotopic (exact) mass is 372 g/mol. The van der Waals surface area contributed by atoms with Crippen LogP contribution in [0.3, 0.4) is 0 Å². The van der Waals surface area contributed by atoms with Crippen molar-refractivity contribution in [1.82, 2.24) is 0 Å². The van der Waals surface area contributed by atoms with E-state index in [0.29, 0.717) is 0 Å². The van der Waals surface area contributed by atoms with Crippen LogP contribution in [0.1, 0.15) is 96.8 Å². The summed E-state index contributed by atoms with van der Waals surface area (Å²) in [4.78, 5) is 0. The summed E-state index contributed by atoms with van der Waals surface area (Å²) in [7, 11) is 0. The van der Waals surface area contributed by atoms with Gasteiger partial charge in [-0.3, -0.25) is 0 Å². The maximum absolute atomic E-state index is 9.58. The first kappa shape index (κ1) is 25.5. The summed E-state index contributed by atoms with van der Waals surface area (Å²) in [6, 6.07) is 0. The van der Waals surface area contributed by atoms with E-state index in [9.17, 15) is 5.11 Å². The quantitative estimate of drug-likeness (QED) is 0.200.